The van der Waals surface area contributed by atoms with Crippen LogP contribution < -0.4 is 10.6 Å². The number of aryl methyl sites for hydroxylation is 1. The van der Waals surface area contributed by atoms with Gasteiger partial charge in [-0.05, 0) is 13.0 Å². The van der Waals surface area contributed by atoms with Gasteiger partial charge >= 0.3 is 6.03 Å². The summed E-state index contributed by atoms with van der Waals surface area (Å²) in [5.74, 6) is 1.09. The lowest BCUT2D eigenvalue weighted by Crippen LogP contribution is -2.38. The number of imide groups is 1. The molecule has 0 aliphatic rings. The average molecular weight is 309 g/mol. The molecular weight excluding hydrogens is 294 g/mol. The Morgan fingerprint density at radius 1 is 1.43 bits per heavy atom. The largest absolute Gasteiger partial charge is 0.469 e. The summed E-state index contributed by atoms with van der Waals surface area (Å²) in [6, 6.07) is 1.28. The third-order valence-corrected chi connectivity index (χ3v) is 3.77. The lowest BCUT2D eigenvalue weighted by molar-refractivity contribution is -0.117. The van der Waals surface area contributed by atoms with E-state index in [9.17, 15) is 9.59 Å². The number of nitrogens with zero attached hydrogens (tertiary/aromatic N) is 3. The Labute approximate surface area is 125 Å². The Morgan fingerprint density at radius 2 is 2.19 bits per heavy atom. The van der Waals surface area contributed by atoms with E-state index in [-0.39, 0.29) is 5.75 Å². The summed E-state index contributed by atoms with van der Waals surface area (Å²) in [5, 5.41) is 13.2. The first kappa shape index (κ1) is 15.1. The summed E-state index contributed by atoms with van der Waals surface area (Å²) in [4.78, 5) is 22.5. The molecule has 2 heterocycles. The first-order valence-electron chi connectivity index (χ1n) is 6.11. The summed E-state index contributed by atoms with van der Waals surface area (Å²) in [5.41, 5.74) is 0.853. The summed E-state index contributed by atoms with van der Waals surface area (Å²) in [6.45, 7) is 1.84. The Hall–Kier alpha value is -2.29. The summed E-state index contributed by atoms with van der Waals surface area (Å²) < 4.78 is 7.01. The van der Waals surface area contributed by atoms with E-state index in [1.54, 1.807) is 17.9 Å². The molecule has 21 heavy (non-hydrogen) atoms. The minimum absolute atomic E-state index is 0.0732. The van der Waals surface area contributed by atoms with Crippen LogP contribution in [0.4, 0.5) is 4.79 Å². The van der Waals surface area contributed by atoms with Crippen LogP contribution in [-0.4, -0.2) is 39.5 Å². The number of carbonyl (C=O) groups is 2. The minimum Gasteiger partial charge on any atom is -0.469 e. The highest BCUT2D eigenvalue weighted by Crippen LogP contribution is 2.25. The molecule has 9 heteroatoms. The fraction of sp³-hybridized carbons (Fsp3) is 0.333. The Balaban J connectivity index is 2.03. The van der Waals surface area contributed by atoms with Gasteiger partial charge in [-0.25, -0.2) is 4.79 Å². The van der Waals surface area contributed by atoms with Gasteiger partial charge in [-0.1, -0.05) is 11.8 Å². The van der Waals surface area contributed by atoms with E-state index in [1.165, 1.54) is 18.8 Å². The Morgan fingerprint density at radius 3 is 2.81 bits per heavy atom. The summed E-state index contributed by atoms with van der Waals surface area (Å²) >= 11 is 1.20. The molecule has 0 atom stereocenters. The standard InChI is InChI=1S/C12H15N5O3S/c1-7-8(4-5-20-7)10-15-16-12(17(10)3)21-6-9(18)14-11(19)13-2/h4-5H,6H2,1-3H3,(H2,13,14,18,19). The van der Waals surface area contributed by atoms with Crippen molar-refractivity contribution < 1.29 is 14.0 Å². The second-order valence-electron chi connectivity index (χ2n) is 4.17. The number of hydrogen-bond acceptors (Lipinski definition) is 6. The molecule has 8 nitrogen and oxygen atoms in total. The highest BCUT2D eigenvalue weighted by molar-refractivity contribution is 7.99. The number of nitrogens with one attached hydrogen (secondary N) is 2. The maximum atomic E-state index is 11.5. The number of hydrogen-bond donors (Lipinski definition) is 2. The van der Waals surface area contributed by atoms with Gasteiger partial charge in [-0.15, -0.1) is 10.2 Å². The molecule has 0 fully saturated rings. The molecule has 112 valence electrons. The second kappa shape index (κ2) is 6.44. The molecule has 0 saturated carbocycles. The van der Waals surface area contributed by atoms with Crippen molar-refractivity contribution in [3.05, 3.63) is 18.1 Å². The van der Waals surface area contributed by atoms with Gasteiger partial charge in [0.05, 0.1) is 17.6 Å². The molecule has 2 rings (SSSR count). The van der Waals surface area contributed by atoms with Crippen molar-refractivity contribution in [1.29, 1.82) is 0 Å². The van der Waals surface area contributed by atoms with Crippen LogP contribution in [0.1, 0.15) is 5.76 Å². The Bertz CT molecular complexity index is 664. The summed E-state index contributed by atoms with van der Waals surface area (Å²) in [6.07, 6.45) is 1.59. The van der Waals surface area contributed by atoms with E-state index in [0.717, 1.165) is 11.3 Å². The van der Waals surface area contributed by atoms with Crippen LogP contribution in [0.3, 0.4) is 0 Å². The minimum atomic E-state index is -0.534. The van der Waals surface area contributed by atoms with Gasteiger partial charge in [0.2, 0.25) is 5.91 Å². The zero-order chi connectivity index (χ0) is 15.4. The van der Waals surface area contributed by atoms with Crippen LogP contribution in [0, 0.1) is 6.92 Å². The van der Waals surface area contributed by atoms with E-state index in [1.807, 2.05) is 13.0 Å². The molecular formula is C12H15N5O3S. The predicted molar refractivity (Wildman–Crippen MR) is 76.8 cm³/mol. The van der Waals surface area contributed by atoms with E-state index >= 15 is 0 Å². The van der Waals surface area contributed by atoms with Gasteiger partial charge in [0.1, 0.15) is 5.76 Å². The van der Waals surface area contributed by atoms with Crippen LogP contribution in [-0.2, 0) is 11.8 Å². The van der Waals surface area contributed by atoms with Crippen LogP contribution in [0.25, 0.3) is 11.4 Å². The van der Waals surface area contributed by atoms with Crippen molar-refractivity contribution in [2.45, 2.75) is 12.1 Å². The van der Waals surface area contributed by atoms with Gasteiger partial charge in [0, 0.05) is 14.1 Å². The molecule has 0 unspecified atom stereocenters. The highest BCUT2D eigenvalue weighted by atomic mass is 32.2. The molecule has 0 spiro atoms. The fourth-order valence-corrected chi connectivity index (χ4v) is 2.36. The van der Waals surface area contributed by atoms with E-state index in [0.29, 0.717) is 11.0 Å². The zero-order valence-corrected chi connectivity index (χ0v) is 12.7. The van der Waals surface area contributed by atoms with Crippen LogP contribution >= 0.6 is 11.8 Å². The molecule has 0 bridgehead atoms. The van der Waals surface area contributed by atoms with Crippen molar-refractivity contribution >= 4 is 23.7 Å². The van der Waals surface area contributed by atoms with Crippen molar-refractivity contribution in [2.75, 3.05) is 12.8 Å². The highest BCUT2D eigenvalue weighted by Gasteiger charge is 2.16. The lowest BCUT2D eigenvalue weighted by atomic mass is 10.2. The molecule has 2 N–H and O–H groups in total. The summed E-state index contributed by atoms with van der Waals surface area (Å²) in [7, 11) is 3.25. The molecule has 0 aliphatic heterocycles. The fourth-order valence-electron chi connectivity index (χ4n) is 1.65. The number of carbonyl (C=O) groups excluding carboxylic acids is 2. The van der Waals surface area contributed by atoms with Crippen molar-refractivity contribution in [3.8, 4) is 11.4 Å². The number of amides is 3. The molecule has 3 amide bonds. The molecule has 2 aromatic rings. The Kier molecular flexibility index (Phi) is 4.63. The van der Waals surface area contributed by atoms with Crippen LogP contribution in [0.5, 0.6) is 0 Å². The van der Waals surface area contributed by atoms with Gasteiger partial charge in [0.15, 0.2) is 11.0 Å². The number of rotatable bonds is 4. The van der Waals surface area contributed by atoms with Crippen molar-refractivity contribution in [2.24, 2.45) is 7.05 Å². The van der Waals surface area contributed by atoms with Crippen molar-refractivity contribution in [3.63, 3.8) is 0 Å². The average Bonchev–Trinajstić information content (AvgIpc) is 3.02. The zero-order valence-electron chi connectivity index (χ0n) is 11.8. The normalized spacial score (nSPS) is 10.4. The lowest BCUT2D eigenvalue weighted by Gasteiger charge is -2.04. The van der Waals surface area contributed by atoms with Gasteiger partial charge in [-0.3, -0.25) is 10.1 Å². The van der Waals surface area contributed by atoms with E-state index < -0.39 is 11.9 Å². The SMILES string of the molecule is CNC(=O)NC(=O)CSc1nnc(-c2ccoc2C)n1C. The maximum absolute atomic E-state index is 11.5. The van der Waals surface area contributed by atoms with Gasteiger partial charge in [-0.2, -0.15) is 0 Å². The molecule has 0 aliphatic carbocycles. The molecule has 0 saturated heterocycles. The quantitative estimate of drug-likeness (QED) is 0.815. The maximum Gasteiger partial charge on any atom is 0.321 e. The number of aromatic nitrogens is 3. The first-order valence-corrected chi connectivity index (χ1v) is 7.09. The second-order valence-corrected chi connectivity index (χ2v) is 5.11. The predicted octanol–water partition coefficient (Wildman–Crippen LogP) is 0.931. The number of urea groups is 1. The monoisotopic (exact) mass is 309 g/mol. The molecule has 2 aromatic heterocycles. The van der Waals surface area contributed by atoms with E-state index in [2.05, 4.69) is 20.8 Å². The molecule has 0 radical (unpaired) electrons. The first-order chi connectivity index (χ1) is 10.0. The van der Waals surface area contributed by atoms with Crippen molar-refractivity contribution in [1.82, 2.24) is 25.4 Å². The van der Waals surface area contributed by atoms with E-state index in [4.69, 9.17) is 4.42 Å². The number of furan rings is 1. The topological polar surface area (TPSA) is 102 Å². The smallest absolute Gasteiger partial charge is 0.321 e. The molecule has 0 aromatic carbocycles. The third kappa shape index (κ3) is 3.43. The number of thioether (sulfide) groups is 1. The van der Waals surface area contributed by atoms with Crippen LogP contribution in [0.15, 0.2) is 21.9 Å². The van der Waals surface area contributed by atoms with Gasteiger partial charge in [0.25, 0.3) is 0 Å². The van der Waals surface area contributed by atoms with Gasteiger partial charge < -0.3 is 14.3 Å². The van der Waals surface area contributed by atoms with Crippen LogP contribution in [0.2, 0.25) is 0 Å². The third-order valence-electron chi connectivity index (χ3n) is 2.75.